The maximum atomic E-state index is 12.8. The fraction of sp³-hybridized carbons (Fsp3) is 0.520. The predicted octanol–water partition coefficient (Wildman–Crippen LogP) is 2.84. The van der Waals surface area contributed by atoms with Crippen LogP contribution in [0, 0.1) is 0 Å². The van der Waals surface area contributed by atoms with Gasteiger partial charge in [0.05, 0.1) is 12.2 Å². The zero-order valence-corrected chi connectivity index (χ0v) is 18.6. The molecule has 2 heterocycles. The van der Waals surface area contributed by atoms with Crippen molar-refractivity contribution in [2.75, 3.05) is 32.7 Å². The SMILES string of the molecule is O=C1CNCCCCCCCNCCN1Cc1ccc(CNCc2ccccn2)cc1. The van der Waals surface area contributed by atoms with E-state index in [-0.39, 0.29) is 5.91 Å². The number of nitrogens with zero attached hydrogens (tertiary/aromatic N) is 2. The van der Waals surface area contributed by atoms with Gasteiger partial charge in [-0.25, -0.2) is 0 Å². The quantitative estimate of drug-likeness (QED) is 0.667. The van der Waals surface area contributed by atoms with Gasteiger partial charge in [0.1, 0.15) is 0 Å². The predicted molar refractivity (Wildman–Crippen MR) is 125 cm³/mol. The Hall–Kier alpha value is -2.28. The van der Waals surface area contributed by atoms with Crippen molar-refractivity contribution in [3.8, 4) is 0 Å². The van der Waals surface area contributed by atoms with Crippen LogP contribution in [0.15, 0.2) is 48.7 Å². The van der Waals surface area contributed by atoms with Gasteiger partial charge >= 0.3 is 0 Å². The summed E-state index contributed by atoms with van der Waals surface area (Å²) < 4.78 is 0. The molecule has 1 aliphatic heterocycles. The van der Waals surface area contributed by atoms with E-state index in [0.717, 1.165) is 51.4 Å². The number of aromatic nitrogens is 1. The van der Waals surface area contributed by atoms with Gasteiger partial charge in [0.25, 0.3) is 0 Å². The van der Waals surface area contributed by atoms with Gasteiger partial charge in [0, 0.05) is 38.9 Å². The van der Waals surface area contributed by atoms with E-state index in [1.54, 1.807) is 0 Å². The molecule has 31 heavy (non-hydrogen) atoms. The highest BCUT2D eigenvalue weighted by Gasteiger charge is 2.13. The Balaban J connectivity index is 1.48. The third-order valence-electron chi connectivity index (χ3n) is 5.65. The maximum Gasteiger partial charge on any atom is 0.236 e. The summed E-state index contributed by atoms with van der Waals surface area (Å²) in [7, 11) is 0. The van der Waals surface area contributed by atoms with Crippen LogP contribution in [0.2, 0.25) is 0 Å². The van der Waals surface area contributed by atoms with Crippen molar-refractivity contribution in [1.29, 1.82) is 0 Å². The highest BCUT2D eigenvalue weighted by molar-refractivity contribution is 5.78. The Labute approximate surface area is 186 Å². The molecular formula is C25H37N5O. The first-order valence-corrected chi connectivity index (χ1v) is 11.7. The van der Waals surface area contributed by atoms with Crippen LogP contribution < -0.4 is 16.0 Å². The van der Waals surface area contributed by atoms with Crippen molar-refractivity contribution in [3.63, 3.8) is 0 Å². The number of hydrogen-bond donors (Lipinski definition) is 3. The third kappa shape index (κ3) is 9.17. The zero-order chi connectivity index (χ0) is 21.6. The monoisotopic (exact) mass is 423 g/mol. The molecule has 6 nitrogen and oxygen atoms in total. The van der Waals surface area contributed by atoms with Gasteiger partial charge < -0.3 is 20.9 Å². The van der Waals surface area contributed by atoms with Crippen LogP contribution in [0.25, 0.3) is 0 Å². The van der Waals surface area contributed by atoms with E-state index in [9.17, 15) is 4.79 Å². The summed E-state index contributed by atoms with van der Waals surface area (Å²) in [6, 6.07) is 14.5. The molecule has 0 spiro atoms. The average molecular weight is 424 g/mol. The molecule has 6 heteroatoms. The molecule has 0 aliphatic carbocycles. The minimum atomic E-state index is 0.181. The van der Waals surface area contributed by atoms with Gasteiger partial charge in [-0.2, -0.15) is 0 Å². The second kappa shape index (κ2) is 13.9. The van der Waals surface area contributed by atoms with E-state index < -0.39 is 0 Å². The number of carbonyl (C=O) groups excluding carboxylic acids is 1. The van der Waals surface area contributed by atoms with Crippen LogP contribution in [-0.4, -0.2) is 48.5 Å². The maximum absolute atomic E-state index is 12.8. The number of nitrogens with one attached hydrogen (secondary N) is 3. The van der Waals surface area contributed by atoms with Gasteiger partial charge in [-0.05, 0) is 49.2 Å². The second-order valence-electron chi connectivity index (χ2n) is 8.25. The Bertz CT molecular complexity index is 750. The van der Waals surface area contributed by atoms with Crippen molar-refractivity contribution in [3.05, 3.63) is 65.5 Å². The fourth-order valence-corrected chi connectivity index (χ4v) is 3.79. The smallest absolute Gasteiger partial charge is 0.236 e. The first-order valence-electron chi connectivity index (χ1n) is 11.7. The molecule has 3 rings (SSSR count). The normalized spacial score (nSPS) is 17.3. The molecule has 0 saturated carbocycles. The summed E-state index contributed by atoms with van der Waals surface area (Å²) in [6.45, 7) is 6.20. The summed E-state index contributed by atoms with van der Waals surface area (Å²) in [5, 5.41) is 10.3. The first-order chi connectivity index (χ1) is 15.3. The number of carbonyl (C=O) groups is 1. The Morgan fingerprint density at radius 3 is 2.35 bits per heavy atom. The standard InChI is InChI=1S/C25H37N5O/c31-25-20-27-14-6-3-1-2-5-13-26-16-17-30(25)21-23-11-9-22(10-12-23)18-28-19-24-8-4-7-15-29-24/h4,7-12,15,26-28H,1-3,5-6,13-14,16-21H2. The molecule has 1 fully saturated rings. The highest BCUT2D eigenvalue weighted by Crippen LogP contribution is 2.09. The zero-order valence-electron chi connectivity index (χ0n) is 18.6. The number of amides is 1. The van der Waals surface area contributed by atoms with E-state index >= 15 is 0 Å². The van der Waals surface area contributed by atoms with Crippen LogP contribution >= 0.6 is 0 Å². The number of rotatable bonds is 6. The lowest BCUT2D eigenvalue weighted by atomic mass is 10.1. The summed E-state index contributed by atoms with van der Waals surface area (Å²) in [5.74, 6) is 0.181. The van der Waals surface area contributed by atoms with Crippen molar-refractivity contribution in [2.45, 2.75) is 51.7 Å². The highest BCUT2D eigenvalue weighted by atomic mass is 16.2. The lowest BCUT2D eigenvalue weighted by Gasteiger charge is -2.24. The van der Waals surface area contributed by atoms with Gasteiger partial charge in [0.2, 0.25) is 5.91 Å². The summed E-state index contributed by atoms with van der Waals surface area (Å²) in [4.78, 5) is 19.1. The molecule has 0 radical (unpaired) electrons. The Morgan fingerprint density at radius 2 is 1.58 bits per heavy atom. The lowest BCUT2D eigenvalue weighted by molar-refractivity contribution is -0.130. The molecule has 0 bridgehead atoms. The van der Waals surface area contributed by atoms with Gasteiger partial charge in [0.15, 0.2) is 0 Å². The van der Waals surface area contributed by atoms with E-state index in [2.05, 4.69) is 45.2 Å². The van der Waals surface area contributed by atoms with Crippen molar-refractivity contribution >= 4 is 5.91 Å². The minimum absolute atomic E-state index is 0.181. The molecule has 0 unspecified atom stereocenters. The van der Waals surface area contributed by atoms with Crippen LogP contribution in [0.1, 0.15) is 48.9 Å². The molecular weight excluding hydrogens is 386 g/mol. The molecule has 0 atom stereocenters. The van der Waals surface area contributed by atoms with E-state index in [1.807, 2.05) is 29.3 Å². The number of benzene rings is 1. The molecule has 1 aliphatic rings. The van der Waals surface area contributed by atoms with Crippen molar-refractivity contribution in [1.82, 2.24) is 25.8 Å². The summed E-state index contributed by atoms with van der Waals surface area (Å²) >= 11 is 0. The van der Waals surface area contributed by atoms with Crippen molar-refractivity contribution in [2.24, 2.45) is 0 Å². The van der Waals surface area contributed by atoms with E-state index in [0.29, 0.717) is 13.1 Å². The van der Waals surface area contributed by atoms with Crippen LogP contribution in [0.3, 0.4) is 0 Å². The Morgan fingerprint density at radius 1 is 0.839 bits per heavy atom. The van der Waals surface area contributed by atoms with E-state index in [4.69, 9.17) is 0 Å². The van der Waals surface area contributed by atoms with Crippen molar-refractivity contribution < 1.29 is 4.79 Å². The first kappa shape index (κ1) is 23.4. The summed E-state index contributed by atoms with van der Waals surface area (Å²) in [6.07, 6.45) is 8.01. The van der Waals surface area contributed by atoms with E-state index in [1.165, 1.54) is 36.8 Å². The number of pyridine rings is 1. The minimum Gasteiger partial charge on any atom is -0.336 e. The van der Waals surface area contributed by atoms with Gasteiger partial charge in [-0.15, -0.1) is 0 Å². The summed E-state index contributed by atoms with van der Waals surface area (Å²) in [5.41, 5.74) is 3.44. The average Bonchev–Trinajstić information content (AvgIpc) is 2.80. The molecule has 1 aromatic heterocycles. The lowest BCUT2D eigenvalue weighted by Crippen LogP contribution is -2.41. The van der Waals surface area contributed by atoms with Gasteiger partial charge in [-0.3, -0.25) is 9.78 Å². The van der Waals surface area contributed by atoms with Crippen LogP contribution in [-0.2, 0) is 24.4 Å². The molecule has 2 aromatic rings. The second-order valence-corrected chi connectivity index (χ2v) is 8.25. The largest absolute Gasteiger partial charge is 0.336 e. The molecule has 1 amide bonds. The van der Waals surface area contributed by atoms with Gasteiger partial charge in [-0.1, -0.05) is 49.6 Å². The molecule has 168 valence electrons. The Kier molecular flexibility index (Phi) is 10.5. The molecule has 3 N–H and O–H groups in total. The van der Waals surface area contributed by atoms with Crippen LogP contribution in [0.5, 0.6) is 0 Å². The fourth-order valence-electron chi connectivity index (χ4n) is 3.79. The topological polar surface area (TPSA) is 69.3 Å². The molecule has 1 saturated heterocycles. The third-order valence-corrected chi connectivity index (χ3v) is 5.65. The molecule has 1 aromatic carbocycles. The number of hydrogen-bond acceptors (Lipinski definition) is 5. The van der Waals surface area contributed by atoms with Crippen LogP contribution in [0.4, 0.5) is 0 Å².